The van der Waals surface area contributed by atoms with Crippen molar-refractivity contribution < 1.29 is 32.2 Å². The summed E-state index contributed by atoms with van der Waals surface area (Å²) < 4.78 is 50.2. The molecule has 1 N–H and O–H groups in total. The fourth-order valence-corrected chi connectivity index (χ4v) is 3.83. The van der Waals surface area contributed by atoms with Crippen LogP contribution >= 0.6 is 0 Å². The van der Waals surface area contributed by atoms with E-state index in [2.05, 4.69) is 15.3 Å². The first-order valence-electron chi connectivity index (χ1n) is 10.4. The summed E-state index contributed by atoms with van der Waals surface area (Å²) in [5.41, 5.74) is 0.563. The topological polar surface area (TPSA) is 93.7 Å². The predicted molar refractivity (Wildman–Crippen MR) is 115 cm³/mol. The number of methoxy groups -OCH3 is 1. The summed E-state index contributed by atoms with van der Waals surface area (Å²) in [6.45, 7) is 1.72. The van der Waals surface area contributed by atoms with Crippen LogP contribution in [0.5, 0.6) is 5.75 Å². The number of hydrogen-bond acceptors (Lipinski definition) is 6. The number of fused-ring (bicyclic) bond motifs is 1. The molecule has 178 valence electrons. The number of urea groups is 1. The maximum Gasteiger partial charge on any atom is 0.418 e. The van der Waals surface area contributed by atoms with Gasteiger partial charge in [-0.2, -0.15) is 13.2 Å². The molecule has 0 aliphatic carbocycles. The fourth-order valence-electron chi connectivity index (χ4n) is 3.83. The standard InChI is InChI=1S/C23H21F3N4O4/c1-13-12-30(21(31)29-11-16-10-27-9-14-4-3-5-28-19(14)16)22(32)34-20(13)15-6-17(23(24,25)26)8-18(7-15)33-2/h3-10,13,20H,11-12H2,1-2H3,(H,29,31)/t13-,20+/m1/s1. The van der Waals surface area contributed by atoms with Crippen LogP contribution in [0, 0.1) is 5.92 Å². The molecule has 0 radical (unpaired) electrons. The SMILES string of the molecule is COc1cc([C@H]2OC(=O)N(C(=O)NCc3cncc4cccnc34)C[C@H]2C)cc(C(F)(F)F)c1. The zero-order valence-electron chi connectivity index (χ0n) is 18.3. The van der Waals surface area contributed by atoms with Gasteiger partial charge in [-0.05, 0) is 35.9 Å². The van der Waals surface area contributed by atoms with Crippen molar-refractivity contribution in [3.8, 4) is 5.75 Å². The second kappa shape index (κ2) is 9.16. The van der Waals surface area contributed by atoms with Crippen molar-refractivity contribution >= 4 is 23.0 Å². The lowest BCUT2D eigenvalue weighted by molar-refractivity contribution is -0.137. The monoisotopic (exact) mass is 474 g/mol. The quantitative estimate of drug-likeness (QED) is 0.589. The van der Waals surface area contributed by atoms with Gasteiger partial charge in [-0.25, -0.2) is 14.5 Å². The van der Waals surface area contributed by atoms with Crippen LogP contribution in [0.25, 0.3) is 10.9 Å². The molecule has 1 aliphatic heterocycles. The van der Waals surface area contributed by atoms with E-state index in [0.29, 0.717) is 11.1 Å². The van der Waals surface area contributed by atoms with Crippen LogP contribution in [-0.4, -0.2) is 40.6 Å². The van der Waals surface area contributed by atoms with Gasteiger partial charge in [0.25, 0.3) is 0 Å². The molecule has 8 nitrogen and oxygen atoms in total. The van der Waals surface area contributed by atoms with Gasteiger partial charge in [0.15, 0.2) is 0 Å². The minimum absolute atomic E-state index is 0.00875. The lowest BCUT2D eigenvalue weighted by Crippen LogP contribution is -2.50. The number of ether oxygens (including phenoxy) is 2. The summed E-state index contributed by atoms with van der Waals surface area (Å²) in [6, 6.07) is 6.11. The van der Waals surface area contributed by atoms with E-state index in [9.17, 15) is 22.8 Å². The molecule has 3 amide bonds. The molecule has 11 heteroatoms. The van der Waals surface area contributed by atoms with E-state index in [1.54, 1.807) is 31.6 Å². The average Bonchev–Trinajstić information content (AvgIpc) is 2.82. The van der Waals surface area contributed by atoms with E-state index in [0.717, 1.165) is 22.4 Å². The molecular formula is C23H21F3N4O4. The summed E-state index contributed by atoms with van der Waals surface area (Å²) in [5.74, 6) is -0.483. The number of nitrogens with zero attached hydrogens (tertiary/aromatic N) is 3. The normalized spacial score (nSPS) is 18.5. The Hall–Kier alpha value is -3.89. The van der Waals surface area contributed by atoms with Gasteiger partial charge in [0.1, 0.15) is 11.9 Å². The van der Waals surface area contributed by atoms with Gasteiger partial charge < -0.3 is 14.8 Å². The zero-order valence-corrected chi connectivity index (χ0v) is 18.3. The first-order chi connectivity index (χ1) is 16.2. The summed E-state index contributed by atoms with van der Waals surface area (Å²) in [6.07, 6.45) is -1.67. The molecule has 0 bridgehead atoms. The number of cyclic esters (lactones) is 1. The van der Waals surface area contributed by atoms with Gasteiger partial charge in [0, 0.05) is 48.5 Å². The molecule has 3 heterocycles. The van der Waals surface area contributed by atoms with Crippen molar-refractivity contribution in [2.75, 3.05) is 13.7 Å². The van der Waals surface area contributed by atoms with Crippen LogP contribution in [0.15, 0.2) is 48.9 Å². The average molecular weight is 474 g/mol. The smallest absolute Gasteiger partial charge is 0.418 e. The number of pyridine rings is 2. The third-order valence-corrected chi connectivity index (χ3v) is 5.52. The Kier molecular flexibility index (Phi) is 6.27. The molecule has 0 spiro atoms. The lowest BCUT2D eigenvalue weighted by atomic mass is 9.94. The second-order valence-electron chi connectivity index (χ2n) is 7.92. The van der Waals surface area contributed by atoms with E-state index in [1.807, 2.05) is 6.07 Å². The maximum absolute atomic E-state index is 13.3. The van der Waals surface area contributed by atoms with Crippen molar-refractivity contribution in [1.82, 2.24) is 20.2 Å². The molecule has 1 aromatic carbocycles. The number of carbonyl (C=O) groups excluding carboxylic acids is 2. The molecule has 2 aromatic heterocycles. The highest BCUT2D eigenvalue weighted by molar-refractivity contribution is 5.91. The Morgan fingerprint density at radius 1 is 1.29 bits per heavy atom. The molecule has 2 atom stereocenters. The molecule has 0 saturated carbocycles. The van der Waals surface area contributed by atoms with Crippen LogP contribution in [0.1, 0.15) is 29.7 Å². The summed E-state index contributed by atoms with van der Waals surface area (Å²) >= 11 is 0. The molecule has 1 fully saturated rings. The number of halogens is 3. The van der Waals surface area contributed by atoms with Gasteiger partial charge in [-0.1, -0.05) is 6.92 Å². The number of hydrogen-bond donors (Lipinski definition) is 1. The first-order valence-corrected chi connectivity index (χ1v) is 10.4. The highest BCUT2D eigenvalue weighted by atomic mass is 19.4. The minimum Gasteiger partial charge on any atom is -0.497 e. The van der Waals surface area contributed by atoms with Crippen LogP contribution < -0.4 is 10.1 Å². The van der Waals surface area contributed by atoms with Crippen LogP contribution in [0.2, 0.25) is 0 Å². The van der Waals surface area contributed by atoms with Crippen LogP contribution in [0.4, 0.5) is 22.8 Å². The van der Waals surface area contributed by atoms with Crippen molar-refractivity contribution in [1.29, 1.82) is 0 Å². The largest absolute Gasteiger partial charge is 0.497 e. The van der Waals surface area contributed by atoms with Crippen molar-refractivity contribution in [3.63, 3.8) is 0 Å². The number of benzene rings is 1. The molecule has 0 unspecified atom stereocenters. The van der Waals surface area contributed by atoms with Crippen molar-refractivity contribution in [2.45, 2.75) is 25.7 Å². The highest BCUT2D eigenvalue weighted by Gasteiger charge is 2.39. The third kappa shape index (κ3) is 4.73. The fraction of sp³-hybridized carbons (Fsp3) is 0.304. The van der Waals surface area contributed by atoms with E-state index >= 15 is 0 Å². The van der Waals surface area contributed by atoms with Crippen molar-refractivity contribution in [3.05, 3.63) is 65.6 Å². The van der Waals surface area contributed by atoms with Crippen molar-refractivity contribution in [2.24, 2.45) is 5.92 Å². The number of amides is 3. The molecule has 34 heavy (non-hydrogen) atoms. The number of carbonyl (C=O) groups is 2. The molecule has 4 rings (SSSR count). The van der Waals surface area contributed by atoms with Crippen LogP contribution in [-0.2, 0) is 17.5 Å². The molecular weight excluding hydrogens is 453 g/mol. The van der Waals surface area contributed by atoms with Gasteiger partial charge in [0.05, 0.1) is 18.2 Å². The Labute approximate surface area is 192 Å². The van der Waals surface area contributed by atoms with E-state index in [-0.39, 0.29) is 24.4 Å². The number of aromatic nitrogens is 2. The Morgan fingerprint density at radius 3 is 2.82 bits per heavy atom. The summed E-state index contributed by atoms with van der Waals surface area (Å²) in [7, 11) is 1.25. The minimum atomic E-state index is -4.59. The Balaban J connectivity index is 1.48. The number of rotatable bonds is 4. The molecule has 1 saturated heterocycles. The summed E-state index contributed by atoms with van der Waals surface area (Å²) in [5, 5.41) is 3.46. The highest BCUT2D eigenvalue weighted by Crippen LogP contribution is 2.38. The summed E-state index contributed by atoms with van der Waals surface area (Å²) in [4.78, 5) is 34.6. The van der Waals surface area contributed by atoms with Crippen LogP contribution in [0.3, 0.4) is 0 Å². The van der Waals surface area contributed by atoms with E-state index in [1.165, 1.54) is 13.2 Å². The molecule has 1 aliphatic rings. The van der Waals surface area contributed by atoms with Gasteiger partial charge in [0.2, 0.25) is 0 Å². The second-order valence-corrected chi connectivity index (χ2v) is 7.92. The zero-order chi connectivity index (χ0) is 24.5. The lowest BCUT2D eigenvalue weighted by Gasteiger charge is -2.35. The number of alkyl halides is 3. The molecule has 3 aromatic rings. The Bertz CT molecular complexity index is 1230. The third-order valence-electron chi connectivity index (χ3n) is 5.52. The van der Waals surface area contributed by atoms with Gasteiger partial charge in [-0.15, -0.1) is 0 Å². The Morgan fingerprint density at radius 2 is 2.09 bits per heavy atom. The van der Waals surface area contributed by atoms with Gasteiger partial charge >= 0.3 is 18.3 Å². The van der Waals surface area contributed by atoms with E-state index in [4.69, 9.17) is 9.47 Å². The maximum atomic E-state index is 13.3. The van der Waals surface area contributed by atoms with Gasteiger partial charge in [-0.3, -0.25) is 9.97 Å². The number of imide groups is 1. The number of nitrogens with one attached hydrogen (secondary N) is 1. The first kappa shape index (κ1) is 23.3. The van der Waals surface area contributed by atoms with E-state index < -0.39 is 35.9 Å². The predicted octanol–water partition coefficient (Wildman–Crippen LogP) is 4.70.